The van der Waals surface area contributed by atoms with Gasteiger partial charge in [0.2, 0.25) is 5.89 Å². The van der Waals surface area contributed by atoms with Crippen LogP contribution in [0.15, 0.2) is 38.7 Å². The number of aryl methyl sites for hydroxylation is 1. The molecular weight excluding hydrogens is 329 g/mol. The van der Waals surface area contributed by atoms with E-state index >= 15 is 0 Å². The second-order valence-corrected chi connectivity index (χ2v) is 6.24. The molecule has 1 heterocycles. The Bertz CT molecular complexity index is 644. The van der Waals surface area contributed by atoms with Gasteiger partial charge in [-0.3, -0.25) is 4.99 Å². The number of nitrogens with zero attached hydrogens (tertiary/aromatic N) is 3. The van der Waals surface area contributed by atoms with Crippen LogP contribution in [0, 0.1) is 12.7 Å². The third-order valence-corrected chi connectivity index (χ3v) is 4.22. The summed E-state index contributed by atoms with van der Waals surface area (Å²) in [6, 6.07) is 6.56. The highest BCUT2D eigenvalue weighted by Gasteiger charge is 2.03. The molecule has 130 valence electrons. The van der Waals surface area contributed by atoms with Gasteiger partial charge >= 0.3 is 0 Å². The highest BCUT2D eigenvalue weighted by Crippen LogP contribution is 2.18. The van der Waals surface area contributed by atoms with Gasteiger partial charge in [-0.15, -0.1) is 11.8 Å². The van der Waals surface area contributed by atoms with Crippen LogP contribution in [0.1, 0.15) is 18.1 Å². The number of hydrogen-bond donors (Lipinski definition) is 2. The molecule has 6 nitrogen and oxygen atoms in total. The highest BCUT2D eigenvalue weighted by atomic mass is 32.2. The normalized spacial score (nSPS) is 11.5. The number of aliphatic imine (C=N–C) groups is 1. The first-order valence-electron chi connectivity index (χ1n) is 7.79. The molecule has 8 heteroatoms. The first kappa shape index (κ1) is 18.3. The van der Waals surface area contributed by atoms with E-state index in [4.69, 9.17) is 4.52 Å². The van der Waals surface area contributed by atoms with Crippen molar-refractivity contribution in [3.8, 4) is 0 Å². The van der Waals surface area contributed by atoms with Crippen molar-refractivity contribution in [3.05, 3.63) is 41.8 Å². The zero-order valence-corrected chi connectivity index (χ0v) is 14.7. The molecule has 0 aliphatic carbocycles. The van der Waals surface area contributed by atoms with Crippen molar-refractivity contribution in [1.82, 2.24) is 20.8 Å². The molecule has 0 saturated heterocycles. The molecule has 0 bridgehead atoms. The molecule has 24 heavy (non-hydrogen) atoms. The van der Waals surface area contributed by atoms with Crippen LogP contribution < -0.4 is 10.6 Å². The fourth-order valence-corrected chi connectivity index (χ4v) is 2.80. The number of hydrogen-bond acceptors (Lipinski definition) is 5. The predicted molar refractivity (Wildman–Crippen MR) is 93.8 cm³/mol. The molecule has 2 rings (SSSR count). The molecule has 0 unspecified atom stereocenters. The monoisotopic (exact) mass is 351 g/mol. The second-order valence-electron chi connectivity index (χ2n) is 5.07. The van der Waals surface area contributed by atoms with Crippen LogP contribution in [-0.4, -0.2) is 42.0 Å². The zero-order valence-electron chi connectivity index (χ0n) is 13.9. The van der Waals surface area contributed by atoms with Gasteiger partial charge in [0, 0.05) is 31.5 Å². The summed E-state index contributed by atoms with van der Waals surface area (Å²) in [7, 11) is 1.74. The maximum atomic E-state index is 12.8. The van der Waals surface area contributed by atoms with Gasteiger partial charge in [-0.1, -0.05) is 5.16 Å². The number of thioether (sulfide) groups is 1. The number of aromatic nitrogens is 2. The van der Waals surface area contributed by atoms with Gasteiger partial charge in [0.1, 0.15) is 5.82 Å². The first-order valence-corrected chi connectivity index (χ1v) is 8.78. The van der Waals surface area contributed by atoms with E-state index in [2.05, 4.69) is 25.8 Å². The number of guanidine groups is 1. The minimum absolute atomic E-state index is 0.202. The van der Waals surface area contributed by atoms with Crippen LogP contribution in [0.5, 0.6) is 0 Å². The minimum atomic E-state index is -0.202. The van der Waals surface area contributed by atoms with Crippen LogP contribution in [0.3, 0.4) is 0 Å². The lowest BCUT2D eigenvalue weighted by molar-refractivity contribution is 0.374. The maximum Gasteiger partial charge on any atom is 0.228 e. The van der Waals surface area contributed by atoms with Crippen molar-refractivity contribution in [2.45, 2.75) is 24.7 Å². The largest absolute Gasteiger partial charge is 0.356 e. The SMILES string of the molecule is CN=C(NCCCSc1ccc(F)cc1)NCCc1nc(C)no1. The van der Waals surface area contributed by atoms with Crippen LogP contribution >= 0.6 is 11.8 Å². The average Bonchev–Trinajstić information content (AvgIpc) is 3.00. The molecule has 0 amide bonds. The van der Waals surface area contributed by atoms with Crippen LogP contribution in [0.4, 0.5) is 4.39 Å². The molecular formula is C16H22FN5OS. The number of halogens is 1. The Hall–Kier alpha value is -2.09. The first-order chi connectivity index (χ1) is 11.7. The Kier molecular flexibility index (Phi) is 7.54. The van der Waals surface area contributed by atoms with Crippen molar-refractivity contribution in [2.24, 2.45) is 4.99 Å². The molecule has 0 saturated carbocycles. The van der Waals surface area contributed by atoms with E-state index in [1.165, 1.54) is 12.1 Å². The van der Waals surface area contributed by atoms with E-state index in [0.29, 0.717) is 24.7 Å². The molecule has 2 N–H and O–H groups in total. The zero-order chi connectivity index (χ0) is 17.2. The average molecular weight is 351 g/mol. The highest BCUT2D eigenvalue weighted by molar-refractivity contribution is 7.99. The van der Waals surface area contributed by atoms with Gasteiger partial charge in [-0.25, -0.2) is 4.39 Å². The maximum absolute atomic E-state index is 12.8. The third-order valence-electron chi connectivity index (χ3n) is 3.12. The van der Waals surface area contributed by atoms with Gasteiger partial charge in [-0.2, -0.15) is 4.98 Å². The Balaban J connectivity index is 1.57. The van der Waals surface area contributed by atoms with E-state index in [0.717, 1.165) is 29.6 Å². The van der Waals surface area contributed by atoms with Crippen molar-refractivity contribution in [3.63, 3.8) is 0 Å². The van der Waals surface area contributed by atoms with Crippen molar-refractivity contribution in [1.29, 1.82) is 0 Å². The molecule has 1 aromatic carbocycles. The van der Waals surface area contributed by atoms with Crippen molar-refractivity contribution >= 4 is 17.7 Å². The van der Waals surface area contributed by atoms with Crippen LogP contribution in [0.2, 0.25) is 0 Å². The summed E-state index contributed by atoms with van der Waals surface area (Å²) in [6.07, 6.45) is 1.63. The van der Waals surface area contributed by atoms with Gasteiger partial charge in [0.15, 0.2) is 11.8 Å². The predicted octanol–water partition coefficient (Wildman–Crippen LogP) is 2.41. The summed E-state index contributed by atoms with van der Waals surface area (Å²) in [4.78, 5) is 9.40. The van der Waals surface area contributed by atoms with Gasteiger partial charge in [0.05, 0.1) is 0 Å². The number of nitrogens with one attached hydrogen (secondary N) is 2. The summed E-state index contributed by atoms with van der Waals surface area (Å²) < 4.78 is 17.9. The Morgan fingerprint density at radius 2 is 2.00 bits per heavy atom. The Labute approximate surface area is 145 Å². The fraction of sp³-hybridized carbons (Fsp3) is 0.438. The fourth-order valence-electron chi connectivity index (χ4n) is 1.95. The number of rotatable bonds is 8. The van der Waals surface area contributed by atoms with Gasteiger partial charge in [0.25, 0.3) is 0 Å². The van der Waals surface area contributed by atoms with E-state index in [9.17, 15) is 4.39 Å². The summed E-state index contributed by atoms with van der Waals surface area (Å²) >= 11 is 1.71. The molecule has 0 atom stereocenters. The minimum Gasteiger partial charge on any atom is -0.356 e. The lowest BCUT2D eigenvalue weighted by Crippen LogP contribution is -2.38. The molecule has 0 radical (unpaired) electrons. The second kappa shape index (κ2) is 9.92. The van der Waals surface area contributed by atoms with E-state index < -0.39 is 0 Å². The third kappa shape index (κ3) is 6.57. The lowest BCUT2D eigenvalue weighted by atomic mass is 10.4. The van der Waals surface area contributed by atoms with E-state index in [-0.39, 0.29) is 5.82 Å². The summed E-state index contributed by atoms with van der Waals surface area (Å²) in [5.41, 5.74) is 0. The number of benzene rings is 1. The summed E-state index contributed by atoms with van der Waals surface area (Å²) in [5, 5.41) is 10.2. The van der Waals surface area contributed by atoms with Crippen molar-refractivity contribution < 1.29 is 8.91 Å². The van der Waals surface area contributed by atoms with Gasteiger partial charge in [-0.05, 0) is 43.4 Å². The summed E-state index contributed by atoms with van der Waals surface area (Å²) in [6.45, 7) is 3.28. The molecule has 0 aliphatic rings. The molecule has 1 aromatic heterocycles. The molecule has 2 aromatic rings. The van der Waals surface area contributed by atoms with Crippen molar-refractivity contribution in [2.75, 3.05) is 25.9 Å². The molecule has 0 aliphatic heterocycles. The Morgan fingerprint density at radius 1 is 1.25 bits per heavy atom. The lowest BCUT2D eigenvalue weighted by Gasteiger charge is -2.10. The quantitative estimate of drug-likeness (QED) is 0.329. The van der Waals surface area contributed by atoms with Gasteiger partial charge < -0.3 is 15.2 Å². The standard InChI is InChI=1S/C16H22FN5OS/c1-12-21-15(23-22-12)8-10-20-16(18-2)19-9-3-11-24-14-6-4-13(17)5-7-14/h4-7H,3,8-11H2,1-2H3,(H2,18,19,20). The van der Waals surface area contributed by atoms with E-state index in [1.54, 1.807) is 37.9 Å². The topological polar surface area (TPSA) is 75.3 Å². The summed E-state index contributed by atoms with van der Waals surface area (Å²) in [5.74, 6) is 2.76. The molecule has 0 spiro atoms. The van der Waals surface area contributed by atoms with E-state index in [1.807, 2.05) is 0 Å². The van der Waals surface area contributed by atoms with Crippen LogP contribution in [-0.2, 0) is 6.42 Å². The Morgan fingerprint density at radius 3 is 2.67 bits per heavy atom. The van der Waals surface area contributed by atoms with Crippen LogP contribution in [0.25, 0.3) is 0 Å². The smallest absolute Gasteiger partial charge is 0.228 e. The molecule has 0 fully saturated rings.